The third-order valence-electron chi connectivity index (χ3n) is 5.30. The second-order valence-corrected chi connectivity index (χ2v) is 7.99. The largest absolute Gasteiger partial charge is 0.494 e. The molecular formula is C26H24F3N7O. The number of hydrogen-bond donors (Lipinski definition) is 2. The number of halogens is 3. The molecule has 2 aromatic heterocycles. The fourth-order valence-electron chi connectivity index (χ4n) is 3.49. The van der Waals surface area contributed by atoms with Crippen molar-refractivity contribution in [2.75, 3.05) is 12.4 Å². The van der Waals surface area contributed by atoms with E-state index < -0.39 is 11.9 Å². The van der Waals surface area contributed by atoms with Gasteiger partial charge in [-0.3, -0.25) is 0 Å². The Bertz CT molecular complexity index is 1450. The van der Waals surface area contributed by atoms with E-state index in [0.29, 0.717) is 17.0 Å². The van der Waals surface area contributed by atoms with E-state index in [1.54, 1.807) is 66.0 Å². The summed E-state index contributed by atoms with van der Waals surface area (Å²) in [6.07, 6.45) is 4.60. The molecule has 0 radical (unpaired) electrons. The van der Waals surface area contributed by atoms with Gasteiger partial charge in [-0.1, -0.05) is 18.7 Å². The minimum Gasteiger partial charge on any atom is -0.494 e. The summed E-state index contributed by atoms with van der Waals surface area (Å²) in [6.45, 7) is 5.74. The van der Waals surface area contributed by atoms with Gasteiger partial charge in [0.1, 0.15) is 17.3 Å². The number of ether oxygens (including phenoxy) is 1. The molecule has 4 aromatic rings. The lowest BCUT2D eigenvalue weighted by Crippen LogP contribution is -2.21. The molecule has 190 valence electrons. The number of nitrogens with zero attached hydrogens (tertiary/aromatic N) is 5. The third-order valence-corrected chi connectivity index (χ3v) is 5.30. The molecule has 8 nitrogen and oxygen atoms in total. The normalized spacial score (nSPS) is 12.5. The standard InChI is InChI=1S/C26H24F3N7O/c1-17-14-36(16-32-17)23-9-6-20(12-24(23)37-3)33-18(2)34-22(13-25(30)26(27,28)29)19-4-7-21(8-5-19)35-11-10-31-15-35/h4-16,33H,2,30H2,1,3H3/b25-13-,34-22?. The van der Waals surface area contributed by atoms with Crippen LogP contribution in [0.1, 0.15) is 11.3 Å². The molecule has 2 aromatic carbocycles. The summed E-state index contributed by atoms with van der Waals surface area (Å²) < 4.78 is 48.7. The van der Waals surface area contributed by atoms with Crippen molar-refractivity contribution in [3.05, 3.63) is 109 Å². The number of methoxy groups -OCH3 is 1. The van der Waals surface area contributed by atoms with Crippen molar-refractivity contribution < 1.29 is 17.9 Å². The van der Waals surface area contributed by atoms with Crippen molar-refractivity contribution in [2.24, 2.45) is 10.7 Å². The first-order chi connectivity index (χ1) is 17.6. The molecule has 0 spiro atoms. The quantitative estimate of drug-likeness (QED) is 0.322. The molecule has 0 aliphatic carbocycles. The summed E-state index contributed by atoms with van der Waals surface area (Å²) in [5, 5.41) is 3.00. The maximum absolute atomic E-state index is 13.2. The molecule has 0 atom stereocenters. The second-order valence-electron chi connectivity index (χ2n) is 7.99. The van der Waals surface area contributed by atoms with Crippen molar-refractivity contribution in [1.29, 1.82) is 0 Å². The van der Waals surface area contributed by atoms with Crippen molar-refractivity contribution in [2.45, 2.75) is 13.1 Å². The molecule has 0 unspecified atom stereocenters. The number of nitrogens with one attached hydrogen (secondary N) is 1. The predicted octanol–water partition coefficient (Wildman–Crippen LogP) is 5.15. The lowest BCUT2D eigenvalue weighted by atomic mass is 10.1. The van der Waals surface area contributed by atoms with Crippen molar-refractivity contribution in [3.8, 4) is 17.1 Å². The maximum atomic E-state index is 13.2. The molecule has 0 saturated heterocycles. The molecule has 0 aliphatic rings. The highest BCUT2D eigenvalue weighted by Crippen LogP contribution is 2.28. The van der Waals surface area contributed by atoms with Crippen LogP contribution in [-0.4, -0.2) is 38.1 Å². The molecule has 37 heavy (non-hydrogen) atoms. The number of aryl methyl sites for hydroxylation is 1. The van der Waals surface area contributed by atoms with Gasteiger partial charge in [0.25, 0.3) is 0 Å². The number of benzene rings is 2. The minimum absolute atomic E-state index is 0.0121. The van der Waals surface area contributed by atoms with E-state index in [2.05, 4.69) is 26.9 Å². The van der Waals surface area contributed by atoms with Gasteiger partial charge in [-0.15, -0.1) is 0 Å². The molecule has 3 N–H and O–H groups in total. The highest BCUT2D eigenvalue weighted by atomic mass is 19.4. The Balaban J connectivity index is 1.63. The summed E-state index contributed by atoms with van der Waals surface area (Å²) in [5.41, 5.74) is 7.41. The number of allylic oxidation sites excluding steroid dienone is 2. The van der Waals surface area contributed by atoms with Gasteiger partial charge in [0.05, 0.1) is 36.9 Å². The SMILES string of the molecule is C=C(N=C(/C=C(\N)C(F)(F)F)c1ccc(-n2ccnc2)cc1)Nc1ccc(-n2cnc(C)c2)c(OC)c1. The fourth-order valence-corrected chi connectivity index (χ4v) is 3.49. The highest BCUT2D eigenvalue weighted by Gasteiger charge is 2.31. The van der Waals surface area contributed by atoms with Crippen LogP contribution in [0.5, 0.6) is 5.75 Å². The van der Waals surface area contributed by atoms with E-state index in [1.807, 2.05) is 23.8 Å². The first-order valence-electron chi connectivity index (χ1n) is 11.0. The Labute approximate surface area is 211 Å². The summed E-state index contributed by atoms with van der Waals surface area (Å²) in [6, 6.07) is 12.1. The Morgan fingerprint density at radius 2 is 1.89 bits per heavy atom. The van der Waals surface area contributed by atoms with Gasteiger partial charge in [-0.2, -0.15) is 13.2 Å². The zero-order valence-electron chi connectivity index (χ0n) is 20.1. The summed E-state index contributed by atoms with van der Waals surface area (Å²) in [7, 11) is 1.54. The smallest absolute Gasteiger partial charge is 0.430 e. The summed E-state index contributed by atoms with van der Waals surface area (Å²) >= 11 is 0. The number of imidazole rings is 2. The first-order valence-corrected chi connectivity index (χ1v) is 11.0. The predicted molar refractivity (Wildman–Crippen MR) is 136 cm³/mol. The minimum atomic E-state index is -4.71. The van der Waals surface area contributed by atoms with Gasteiger partial charge < -0.3 is 24.9 Å². The van der Waals surface area contributed by atoms with E-state index in [4.69, 9.17) is 10.5 Å². The number of anilines is 1. The van der Waals surface area contributed by atoms with Crippen LogP contribution in [-0.2, 0) is 0 Å². The molecule has 4 rings (SSSR count). The van der Waals surface area contributed by atoms with Crippen LogP contribution in [0.25, 0.3) is 11.4 Å². The number of aliphatic imine (C=N–C) groups is 1. The van der Waals surface area contributed by atoms with Crippen LogP contribution in [0, 0.1) is 6.92 Å². The number of nitrogens with two attached hydrogens (primary N) is 1. The highest BCUT2D eigenvalue weighted by molar-refractivity contribution is 6.09. The zero-order valence-corrected chi connectivity index (χ0v) is 20.1. The Hall–Kier alpha value is -4.80. The van der Waals surface area contributed by atoms with Gasteiger partial charge in [-0.25, -0.2) is 15.0 Å². The number of rotatable bonds is 8. The molecular weight excluding hydrogens is 483 g/mol. The summed E-state index contributed by atoms with van der Waals surface area (Å²) in [5.74, 6) is 0.656. The lowest BCUT2D eigenvalue weighted by Gasteiger charge is -2.13. The van der Waals surface area contributed by atoms with Crippen LogP contribution in [0.15, 0.2) is 103 Å². The zero-order chi connectivity index (χ0) is 26.6. The van der Waals surface area contributed by atoms with Crippen LogP contribution >= 0.6 is 0 Å². The van der Waals surface area contributed by atoms with Gasteiger partial charge in [-0.05, 0) is 37.3 Å². The molecule has 11 heteroatoms. The lowest BCUT2D eigenvalue weighted by molar-refractivity contribution is -0.0925. The van der Waals surface area contributed by atoms with E-state index in [0.717, 1.165) is 23.1 Å². The van der Waals surface area contributed by atoms with Crippen molar-refractivity contribution in [1.82, 2.24) is 19.1 Å². The topological polar surface area (TPSA) is 95.3 Å². The van der Waals surface area contributed by atoms with Gasteiger partial charge in [0.2, 0.25) is 0 Å². The molecule has 0 aliphatic heterocycles. The second kappa shape index (κ2) is 10.4. The third kappa shape index (κ3) is 6.07. The molecule has 2 heterocycles. The van der Waals surface area contributed by atoms with Crippen LogP contribution < -0.4 is 15.8 Å². The van der Waals surface area contributed by atoms with E-state index in [-0.39, 0.29) is 11.5 Å². The number of hydrogen-bond acceptors (Lipinski definition) is 6. The Morgan fingerprint density at radius 1 is 1.14 bits per heavy atom. The van der Waals surface area contributed by atoms with Crippen molar-refractivity contribution in [3.63, 3.8) is 0 Å². The average molecular weight is 508 g/mol. The van der Waals surface area contributed by atoms with Crippen LogP contribution in [0.2, 0.25) is 0 Å². The fraction of sp³-hybridized carbons (Fsp3) is 0.115. The Morgan fingerprint density at radius 3 is 2.49 bits per heavy atom. The molecule has 0 amide bonds. The van der Waals surface area contributed by atoms with E-state index in [1.165, 1.54) is 7.11 Å². The van der Waals surface area contributed by atoms with E-state index >= 15 is 0 Å². The summed E-state index contributed by atoms with van der Waals surface area (Å²) in [4.78, 5) is 12.5. The maximum Gasteiger partial charge on any atom is 0.430 e. The number of aromatic nitrogens is 4. The molecule has 0 fully saturated rings. The average Bonchev–Trinajstić information content (AvgIpc) is 3.55. The van der Waals surface area contributed by atoms with Gasteiger partial charge >= 0.3 is 6.18 Å². The van der Waals surface area contributed by atoms with Crippen LogP contribution in [0.3, 0.4) is 0 Å². The first kappa shape index (κ1) is 25.3. The molecule has 0 bridgehead atoms. The van der Waals surface area contributed by atoms with Crippen LogP contribution in [0.4, 0.5) is 18.9 Å². The Kier molecular flexibility index (Phi) is 7.14. The van der Waals surface area contributed by atoms with Gasteiger partial charge in [0, 0.05) is 41.6 Å². The molecule has 0 saturated carbocycles. The van der Waals surface area contributed by atoms with E-state index in [9.17, 15) is 13.2 Å². The van der Waals surface area contributed by atoms with Gasteiger partial charge in [0.15, 0.2) is 0 Å². The van der Waals surface area contributed by atoms with Crippen molar-refractivity contribution >= 4 is 11.4 Å². The monoisotopic (exact) mass is 507 g/mol. The number of alkyl halides is 3.